The molecule has 138 valence electrons. The van der Waals surface area contributed by atoms with E-state index in [2.05, 4.69) is 37.9 Å². The summed E-state index contributed by atoms with van der Waals surface area (Å²) < 4.78 is 0. The van der Waals surface area contributed by atoms with E-state index in [9.17, 15) is 9.59 Å². The van der Waals surface area contributed by atoms with Crippen LogP contribution in [-0.4, -0.2) is 42.4 Å². The molecular formula is C20H31N3O2. The molecule has 0 saturated heterocycles. The summed E-state index contributed by atoms with van der Waals surface area (Å²) >= 11 is 0. The van der Waals surface area contributed by atoms with Crippen molar-refractivity contribution in [3.63, 3.8) is 0 Å². The zero-order chi connectivity index (χ0) is 18.6. The summed E-state index contributed by atoms with van der Waals surface area (Å²) in [6, 6.07) is 7.39. The van der Waals surface area contributed by atoms with Crippen LogP contribution in [0, 0.1) is 11.8 Å². The molecular weight excluding hydrogens is 314 g/mol. The quantitative estimate of drug-likeness (QED) is 0.860. The van der Waals surface area contributed by atoms with Gasteiger partial charge in [-0.1, -0.05) is 39.8 Å². The van der Waals surface area contributed by atoms with Gasteiger partial charge in [0, 0.05) is 25.6 Å². The summed E-state index contributed by atoms with van der Waals surface area (Å²) in [6.07, 6.45) is 0.314. The standard InChI is InChI=1S/C20H31N3O2/c1-14(2)11-22(12-15(3)4)13-20(25)23-16(5)10-19(24)21-17-8-6-7-9-18(17)23/h6-9,14-16H,10-13H2,1-5H3,(H,21,24). The molecule has 2 rings (SSSR count). The molecule has 1 aromatic rings. The Morgan fingerprint density at radius 2 is 1.80 bits per heavy atom. The van der Waals surface area contributed by atoms with E-state index >= 15 is 0 Å². The van der Waals surface area contributed by atoms with E-state index in [0.29, 0.717) is 30.5 Å². The summed E-state index contributed by atoms with van der Waals surface area (Å²) in [7, 11) is 0. The van der Waals surface area contributed by atoms with E-state index in [0.717, 1.165) is 18.8 Å². The van der Waals surface area contributed by atoms with Crippen molar-refractivity contribution in [3.8, 4) is 0 Å². The Balaban J connectivity index is 2.24. The predicted molar refractivity (Wildman–Crippen MR) is 103 cm³/mol. The first-order valence-electron chi connectivity index (χ1n) is 9.21. The average molecular weight is 345 g/mol. The zero-order valence-electron chi connectivity index (χ0n) is 16.1. The van der Waals surface area contributed by atoms with Crippen LogP contribution in [0.1, 0.15) is 41.0 Å². The number of anilines is 2. The topological polar surface area (TPSA) is 52.7 Å². The van der Waals surface area contributed by atoms with Crippen molar-refractivity contribution >= 4 is 23.2 Å². The number of rotatable bonds is 6. The highest BCUT2D eigenvalue weighted by atomic mass is 16.2. The third kappa shape index (κ3) is 5.30. The number of carbonyl (C=O) groups excluding carboxylic acids is 2. The molecule has 0 bridgehead atoms. The summed E-state index contributed by atoms with van der Waals surface area (Å²) in [4.78, 5) is 29.2. The van der Waals surface area contributed by atoms with Crippen LogP contribution >= 0.6 is 0 Å². The minimum atomic E-state index is -0.156. The maximum absolute atomic E-state index is 13.1. The van der Waals surface area contributed by atoms with Crippen molar-refractivity contribution in [2.45, 2.75) is 47.1 Å². The number of carbonyl (C=O) groups is 2. The van der Waals surface area contributed by atoms with Gasteiger partial charge in [-0.2, -0.15) is 0 Å². The number of benzene rings is 1. The Labute approximate surface area is 151 Å². The maximum atomic E-state index is 13.1. The molecule has 5 heteroatoms. The predicted octanol–water partition coefficient (Wildman–Crippen LogP) is 3.36. The summed E-state index contributed by atoms with van der Waals surface area (Å²) in [5, 5.41) is 2.91. The van der Waals surface area contributed by atoms with Crippen LogP contribution in [-0.2, 0) is 9.59 Å². The van der Waals surface area contributed by atoms with Gasteiger partial charge >= 0.3 is 0 Å². The summed E-state index contributed by atoms with van der Waals surface area (Å²) in [5.41, 5.74) is 1.50. The molecule has 0 fully saturated rings. The van der Waals surface area contributed by atoms with Crippen LogP contribution in [0.15, 0.2) is 24.3 Å². The van der Waals surface area contributed by atoms with E-state index in [1.807, 2.05) is 31.2 Å². The van der Waals surface area contributed by atoms with E-state index in [-0.39, 0.29) is 17.9 Å². The lowest BCUT2D eigenvalue weighted by atomic mass is 10.1. The lowest BCUT2D eigenvalue weighted by Crippen LogP contribution is -2.46. The van der Waals surface area contributed by atoms with Crippen LogP contribution in [0.4, 0.5) is 11.4 Å². The molecule has 1 aliphatic rings. The lowest BCUT2D eigenvalue weighted by Gasteiger charge is -2.32. The highest BCUT2D eigenvalue weighted by Crippen LogP contribution is 2.31. The van der Waals surface area contributed by atoms with Crippen molar-refractivity contribution in [2.24, 2.45) is 11.8 Å². The number of para-hydroxylation sites is 2. The Kier molecular flexibility index (Phi) is 6.59. The number of nitrogens with zero attached hydrogens (tertiary/aromatic N) is 2. The number of amides is 2. The van der Waals surface area contributed by atoms with Crippen LogP contribution < -0.4 is 10.2 Å². The van der Waals surface area contributed by atoms with Gasteiger partial charge in [0.1, 0.15) is 0 Å². The monoisotopic (exact) mass is 345 g/mol. The van der Waals surface area contributed by atoms with E-state index < -0.39 is 0 Å². The van der Waals surface area contributed by atoms with Gasteiger partial charge in [0.05, 0.1) is 17.9 Å². The van der Waals surface area contributed by atoms with Gasteiger partial charge in [-0.05, 0) is 30.9 Å². The number of hydrogen-bond acceptors (Lipinski definition) is 3. The maximum Gasteiger partial charge on any atom is 0.241 e. The summed E-state index contributed by atoms with van der Waals surface area (Å²) in [6.45, 7) is 12.8. The van der Waals surface area contributed by atoms with Gasteiger partial charge in [0.15, 0.2) is 0 Å². The molecule has 0 radical (unpaired) electrons. The fourth-order valence-electron chi connectivity index (χ4n) is 3.47. The van der Waals surface area contributed by atoms with E-state index in [1.165, 1.54) is 0 Å². The largest absolute Gasteiger partial charge is 0.324 e. The minimum absolute atomic E-state index is 0.0449. The number of hydrogen-bond donors (Lipinski definition) is 1. The third-order valence-corrected chi connectivity index (χ3v) is 4.23. The summed E-state index contributed by atoms with van der Waals surface area (Å²) in [5.74, 6) is 1.02. The SMILES string of the molecule is CC(C)CN(CC(=O)N1c2ccccc2NC(=O)CC1C)CC(C)C. The first kappa shape index (κ1) is 19.4. The van der Waals surface area contributed by atoms with Crippen molar-refractivity contribution < 1.29 is 9.59 Å². The molecule has 2 amide bonds. The normalized spacial score (nSPS) is 17.7. The first-order valence-corrected chi connectivity index (χ1v) is 9.21. The van der Waals surface area contributed by atoms with E-state index in [1.54, 1.807) is 4.90 Å². The third-order valence-electron chi connectivity index (χ3n) is 4.23. The van der Waals surface area contributed by atoms with Gasteiger partial charge in [0.25, 0.3) is 0 Å². The Morgan fingerprint density at radius 3 is 2.40 bits per heavy atom. The van der Waals surface area contributed by atoms with Gasteiger partial charge in [-0.25, -0.2) is 0 Å². The van der Waals surface area contributed by atoms with Gasteiger partial charge in [-0.3, -0.25) is 14.5 Å². The van der Waals surface area contributed by atoms with Crippen molar-refractivity contribution in [1.82, 2.24) is 4.90 Å². The van der Waals surface area contributed by atoms with Crippen LogP contribution in [0.2, 0.25) is 0 Å². The lowest BCUT2D eigenvalue weighted by molar-refractivity contribution is -0.120. The van der Waals surface area contributed by atoms with Crippen LogP contribution in [0.5, 0.6) is 0 Å². The minimum Gasteiger partial charge on any atom is -0.324 e. The molecule has 1 N–H and O–H groups in total. The fourth-order valence-corrected chi connectivity index (χ4v) is 3.47. The van der Waals surface area contributed by atoms with Gasteiger partial charge < -0.3 is 10.2 Å². The second-order valence-electron chi connectivity index (χ2n) is 7.86. The Hall–Kier alpha value is -1.88. The second-order valence-corrected chi connectivity index (χ2v) is 7.86. The van der Waals surface area contributed by atoms with E-state index in [4.69, 9.17) is 0 Å². The van der Waals surface area contributed by atoms with Gasteiger partial charge in [0.2, 0.25) is 11.8 Å². The highest BCUT2D eigenvalue weighted by molar-refractivity contribution is 6.04. The smallest absolute Gasteiger partial charge is 0.241 e. The van der Waals surface area contributed by atoms with Crippen molar-refractivity contribution in [1.29, 1.82) is 0 Å². The van der Waals surface area contributed by atoms with Crippen LogP contribution in [0.25, 0.3) is 0 Å². The second kappa shape index (κ2) is 8.48. The molecule has 1 heterocycles. The molecule has 0 saturated carbocycles. The zero-order valence-corrected chi connectivity index (χ0v) is 16.1. The Morgan fingerprint density at radius 1 is 1.20 bits per heavy atom. The molecule has 0 aliphatic carbocycles. The molecule has 1 aromatic carbocycles. The molecule has 1 atom stereocenters. The average Bonchev–Trinajstić information content (AvgIpc) is 2.59. The van der Waals surface area contributed by atoms with Crippen LogP contribution in [0.3, 0.4) is 0 Å². The highest BCUT2D eigenvalue weighted by Gasteiger charge is 2.30. The molecule has 0 aromatic heterocycles. The van der Waals surface area contributed by atoms with Gasteiger partial charge in [-0.15, -0.1) is 0 Å². The number of fused-ring (bicyclic) bond motifs is 1. The molecule has 1 aliphatic heterocycles. The van der Waals surface area contributed by atoms with Crippen molar-refractivity contribution in [3.05, 3.63) is 24.3 Å². The molecule has 1 unspecified atom stereocenters. The number of nitrogens with one attached hydrogen (secondary N) is 1. The molecule has 0 spiro atoms. The molecule has 5 nitrogen and oxygen atoms in total. The fraction of sp³-hybridized carbons (Fsp3) is 0.600. The Bertz CT molecular complexity index is 603. The molecule has 25 heavy (non-hydrogen) atoms. The first-order chi connectivity index (χ1) is 11.8. The van der Waals surface area contributed by atoms with Crippen molar-refractivity contribution in [2.75, 3.05) is 29.9 Å².